The predicted molar refractivity (Wildman–Crippen MR) is 83.9 cm³/mol. The maximum Gasteiger partial charge on any atom is 0.227 e. The van der Waals surface area contributed by atoms with E-state index in [9.17, 15) is 9.59 Å². The van der Waals surface area contributed by atoms with Gasteiger partial charge in [-0.15, -0.1) is 0 Å². The molecule has 0 radical (unpaired) electrons. The number of rotatable bonds is 6. The van der Waals surface area contributed by atoms with E-state index in [1.54, 1.807) is 0 Å². The number of amides is 2. The van der Waals surface area contributed by atoms with Gasteiger partial charge in [-0.2, -0.15) is 0 Å². The van der Waals surface area contributed by atoms with Crippen molar-refractivity contribution in [3.05, 3.63) is 0 Å². The van der Waals surface area contributed by atoms with Gasteiger partial charge in [0.05, 0.1) is 5.92 Å². The molecule has 0 unspecified atom stereocenters. The fourth-order valence-corrected chi connectivity index (χ4v) is 3.77. The summed E-state index contributed by atoms with van der Waals surface area (Å²) in [5, 5.41) is 0. The van der Waals surface area contributed by atoms with Crippen LogP contribution in [0.3, 0.4) is 0 Å². The van der Waals surface area contributed by atoms with Gasteiger partial charge >= 0.3 is 0 Å². The second-order valence-corrected chi connectivity index (χ2v) is 6.56. The largest absolute Gasteiger partial charge is 0.342 e. The first-order chi connectivity index (χ1) is 10.2. The molecule has 1 aliphatic carbocycles. The lowest BCUT2D eigenvalue weighted by Gasteiger charge is -2.31. The van der Waals surface area contributed by atoms with Crippen LogP contribution >= 0.6 is 0 Å². The molecule has 1 atom stereocenters. The quantitative estimate of drug-likeness (QED) is 0.756. The Bertz CT molecular complexity index is 358. The van der Waals surface area contributed by atoms with Crippen molar-refractivity contribution in [3.63, 3.8) is 0 Å². The molecule has 1 saturated carbocycles. The monoisotopic (exact) mass is 294 g/mol. The molecular formula is C17H30N2O2. The van der Waals surface area contributed by atoms with Gasteiger partial charge < -0.3 is 9.80 Å². The molecule has 0 aromatic rings. The maximum absolute atomic E-state index is 12.6. The summed E-state index contributed by atoms with van der Waals surface area (Å²) in [4.78, 5) is 28.9. The molecule has 0 spiro atoms. The normalized spacial score (nSPS) is 23.6. The summed E-state index contributed by atoms with van der Waals surface area (Å²) in [5.41, 5.74) is 0. The first kappa shape index (κ1) is 16.3. The van der Waals surface area contributed by atoms with Crippen LogP contribution in [0.5, 0.6) is 0 Å². The molecule has 1 heterocycles. The highest BCUT2D eigenvalue weighted by Crippen LogP contribution is 2.29. The average molecular weight is 294 g/mol. The van der Waals surface area contributed by atoms with Gasteiger partial charge in [-0.3, -0.25) is 9.59 Å². The fourth-order valence-electron chi connectivity index (χ4n) is 3.77. The minimum absolute atomic E-state index is 0.0995. The SMILES string of the molecule is CCCN(CCC)C(=O)[C@@H]1CC(=O)N(C2CCCCC2)C1. The van der Waals surface area contributed by atoms with Crippen LogP contribution < -0.4 is 0 Å². The van der Waals surface area contributed by atoms with Crippen molar-refractivity contribution in [1.29, 1.82) is 0 Å². The molecule has 2 aliphatic rings. The summed E-state index contributed by atoms with van der Waals surface area (Å²) in [6.07, 6.45) is 8.40. The third kappa shape index (κ3) is 3.98. The zero-order valence-corrected chi connectivity index (χ0v) is 13.6. The van der Waals surface area contributed by atoms with Crippen LogP contribution in [-0.2, 0) is 9.59 Å². The summed E-state index contributed by atoms with van der Waals surface area (Å²) in [5.74, 6) is 0.302. The maximum atomic E-state index is 12.6. The molecule has 0 aromatic carbocycles. The summed E-state index contributed by atoms with van der Waals surface area (Å²) in [7, 11) is 0. The van der Waals surface area contributed by atoms with E-state index in [1.165, 1.54) is 19.3 Å². The van der Waals surface area contributed by atoms with Crippen molar-refractivity contribution in [2.45, 2.75) is 71.3 Å². The highest BCUT2D eigenvalue weighted by molar-refractivity contribution is 5.89. The Balaban J connectivity index is 1.95. The van der Waals surface area contributed by atoms with Gasteiger partial charge in [-0.25, -0.2) is 0 Å². The van der Waals surface area contributed by atoms with Crippen LogP contribution in [-0.4, -0.2) is 47.3 Å². The topological polar surface area (TPSA) is 40.6 Å². The first-order valence-corrected chi connectivity index (χ1v) is 8.75. The Morgan fingerprint density at radius 1 is 1.14 bits per heavy atom. The molecule has 4 nitrogen and oxygen atoms in total. The van der Waals surface area contributed by atoms with Crippen molar-refractivity contribution >= 4 is 11.8 Å². The van der Waals surface area contributed by atoms with Crippen molar-refractivity contribution in [1.82, 2.24) is 9.80 Å². The standard InChI is InChI=1S/C17H30N2O2/c1-3-10-18(11-4-2)17(21)14-12-16(20)19(13-14)15-8-6-5-7-9-15/h14-15H,3-13H2,1-2H3/t14-/m1/s1. The van der Waals surface area contributed by atoms with Crippen LogP contribution in [0.4, 0.5) is 0 Å². The van der Waals surface area contributed by atoms with E-state index >= 15 is 0 Å². The Morgan fingerprint density at radius 3 is 2.33 bits per heavy atom. The molecule has 0 bridgehead atoms. The zero-order chi connectivity index (χ0) is 15.2. The number of carbonyl (C=O) groups excluding carboxylic acids is 2. The second-order valence-electron chi connectivity index (χ2n) is 6.56. The molecular weight excluding hydrogens is 264 g/mol. The third-order valence-electron chi connectivity index (χ3n) is 4.82. The van der Waals surface area contributed by atoms with Crippen molar-refractivity contribution < 1.29 is 9.59 Å². The zero-order valence-electron chi connectivity index (χ0n) is 13.6. The Hall–Kier alpha value is -1.06. The Morgan fingerprint density at radius 2 is 1.76 bits per heavy atom. The molecule has 2 amide bonds. The van der Waals surface area contributed by atoms with E-state index < -0.39 is 0 Å². The van der Waals surface area contributed by atoms with Crippen LogP contribution in [0.25, 0.3) is 0 Å². The van der Waals surface area contributed by atoms with Crippen molar-refractivity contribution in [3.8, 4) is 0 Å². The minimum atomic E-state index is -0.0995. The molecule has 0 aromatic heterocycles. The molecule has 120 valence electrons. The number of nitrogens with zero attached hydrogens (tertiary/aromatic N) is 2. The van der Waals surface area contributed by atoms with E-state index in [-0.39, 0.29) is 17.7 Å². The predicted octanol–water partition coefficient (Wildman–Crippen LogP) is 2.82. The third-order valence-corrected chi connectivity index (χ3v) is 4.82. The van der Waals surface area contributed by atoms with E-state index in [2.05, 4.69) is 13.8 Å². The summed E-state index contributed by atoms with van der Waals surface area (Å²) >= 11 is 0. The van der Waals surface area contributed by atoms with Crippen LogP contribution in [0.15, 0.2) is 0 Å². The lowest BCUT2D eigenvalue weighted by atomic mass is 9.94. The molecule has 2 rings (SSSR count). The van der Waals surface area contributed by atoms with Crippen LogP contribution in [0.1, 0.15) is 65.2 Å². The summed E-state index contributed by atoms with van der Waals surface area (Å²) < 4.78 is 0. The number of likely N-dealkylation sites (tertiary alicyclic amines) is 1. The van der Waals surface area contributed by atoms with Gasteiger partial charge in [0.2, 0.25) is 11.8 Å². The smallest absolute Gasteiger partial charge is 0.227 e. The number of hydrogen-bond acceptors (Lipinski definition) is 2. The molecule has 2 fully saturated rings. The van der Waals surface area contributed by atoms with Crippen LogP contribution in [0, 0.1) is 5.92 Å². The van der Waals surface area contributed by atoms with Gasteiger partial charge in [0, 0.05) is 32.1 Å². The molecule has 21 heavy (non-hydrogen) atoms. The fraction of sp³-hybridized carbons (Fsp3) is 0.882. The Labute approximate surface area is 128 Å². The molecule has 4 heteroatoms. The van der Waals surface area contributed by atoms with E-state index in [0.29, 0.717) is 19.0 Å². The molecule has 1 aliphatic heterocycles. The van der Waals surface area contributed by atoms with Gasteiger partial charge in [0.1, 0.15) is 0 Å². The van der Waals surface area contributed by atoms with Gasteiger partial charge in [0.25, 0.3) is 0 Å². The lowest BCUT2D eigenvalue weighted by Crippen LogP contribution is -2.41. The summed E-state index contributed by atoms with van der Waals surface area (Å²) in [6.45, 7) is 6.50. The van der Waals surface area contributed by atoms with E-state index in [1.807, 2.05) is 9.80 Å². The summed E-state index contributed by atoms with van der Waals surface area (Å²) in [6, 6.07) is 0.398. The average Bonchev–Trinajstić information content (AvgIpc) is 2.89. The number of carbonyl (C=O) groups is 2. The first-order valence-electron chi connectivity index (χ1n) is 8.75. The lowest BCUT2D eigenvalue weighted by molar-refractivity contribution is -0.136. The molecule has 1 saturated heterocycles. The molecule has 0 N–H and O–H groups in total. The van der Waals surface area contributed by atoms with Gasteiger partial charge in [-0.05, 0) is 25.7 Å². The highest BCUT2D eigenvalue weighted by Gasteiger charge is 2.39. The second kappa shape index (κ2) is 7.81. The highest BCUT2D eigenvalue weighted by atomic mass is 16.2. The van der Waals surface area contributed by atoms with E-state index in [4.69, 9.17) is 0 Å². The van der Waals surface area contributed by atoms with Crippen LogP contribution in [0.2, 0.25) is 0 Å². The van der Waals surface area contributed by atoms with E-state index in [0.717, 1.165) is 38.8 Å². The van der Waals surface area contributed by atoms with Crippen molar-refractivity contribution in [2.75, 3.05) is 19.6 Å². The van der Waals surface area contributed by atoms with Gasteiger partial charge in [0.15, 0.2) is 0 Å². The minimum Gasteiger partial charge on any atom is -0.342 e. The van der Waals surface area contributed by atoms with Gasteiger partial charge in [-0.1, -0.05) is 33.1 Å². The van der Waals surface area contributed by atoms with Crippen molar-refractivity contribution in [2.24, 2.45) is 5.92 Å². The Kier molecular flexibility index (Phi) is 6.07. The number of hydrogen-bond donors (Lipinski definition) is 0.